The quantitative estimate of drug-likeness (QED) is 0.925. The summed E-state index contributed by atoms with van der Waals surface area (Å²) in [6.07, 6.45) is 1.00. The molecule has 5 heteroatoms. The summed E-state index contributed by atoms with van der Waals surface area (Å²) in [5.74, 6) is 0.0752. The third kappa shape index (κ3) is 2.87. The average molecular weight is 294 g/mol. The molecule has 4 nitrogen and oxygen atoms in total. The van der Waals surface area contributed by atoms with Crippen LogP contribution in [-0.4, -0.2) is 28.8 Å². The topological polar surface area (TPSA) is 49.4 Å². The van der Waals surface area contributed by atoms with Gasteiger partial charge in [-0.3, -0.25) is 9.59 Å². The van der Waals surface area contributed by atoms with Crippen molar-refractivity contribution in [2.24, 2.45) is 5.92 Å². The Hall–Kier alpha value is -1.36. The van der Waals surface area contributed by atoms with Crippen LogP contribution in [0.25, 0.3) is 0 Å². The lowest BCUT2D eigenvalue weighted by Gasteiger charge is -2.39. The van der Waals surface area contributed by atoms with Crippen molar-refractivity contribution < 1.29 is 9.59 Å². The van der Waals surface area contributed by atoms with Gasteiger partial charge in [-0.05, 0) is 31.4 Å². The fourth-order valence-corrected chi connectivity index (χ4v) is 3.55. The molecule has 0 aliphatic carbocycles. The molecule has 0 bridgehead atoms. The molecular formula is C15H22N2O2S. The Morgan fingerprint density at radius 1 is 1.30 bits per heavy atom. The molecular weight excluding hydrogens is 272 g/mol. The maximum atomic E-state index is 12.4. The van der Waals surface area contributed by atoms with Gasteiger partial charge in [-0.2, -0.15) is 0 Å². The minimum absolute atomic E-state index is 0.00903. The minimum Gasteiger partial charge on any atom is -0.343 e. The van der Waals surface area contributed by atoms with Crippen LogP contribution in [0.5, 0.6) is 0 Å². The van der Waals surface area contributed by atoms with E-state index in [0.29, 0.717) is 6.54 Å². The molecule has 2 heterocycles. The number of amides is 2. The fraction of sp³-hybridized carbons (Fsp3) is 0.600. The molecule has 1 aromatic rings. The van der Waals surface area contributed by atoms with Crippen LogP contribution >= 0.6 is 11.3 Å². The molecule has 20 heavy (non-hydrogen) atoms. The minimum atomic E-state index is -0.428. The highest BCUT2D eigenvalue weighted by Gasteiger charge is 2.40. The molecule has 2 rings (SSSR count). The zero-order valence-electron chi connectivity index (χ0n) is 12.5. The zero-order chi connectivity index (χ0) is 14.9. The monoisotopic (exact) mass is 294 g/mol. The molecule has 0 aromatic carbocycles. The van der Waals surface area contributed by atoms with Gasteiger partial charge in [-0.25, -0.2) is 0 Å². The summed E-state index contributed by atoms with van der Waals surface area (Å²) in [6.45, 7) is 8.35. The lowest BCUT2D eigenvalue weighted by atomic mass is 9.97. The lowest BCUT2D eigenvalue weighted by Crippen LogP contribution is -2.63. The van der Waals surface area contributed by atoms with Crippen molar-refractivity contribution in [3.8, 4) is 0 Å². The summed E-state index contributed by atoms with van der Waals surface area (Å²) in [6, 6.07) is 3.36. The second-order valence-electron chi connectivity index (χ2n) is 5.61. The predicted molar refractivity (Wildman–Crippen MR) is 80.5 cm³/mol. The van der Waals surface area contributed by atoms with Crippen molar-refractivity contribution in [2.75, 3.05) is 0 Å². The van der Waals surface area contributed by atoms with E-state index >= 15 is 0 Å². The molecule has 2 unspecified atom stereocenters. The highest BCUT2D eigenvalue weighted by Crippen LogP contribution is 2.24. The Morgan fingerprint density at radius 2 is 1.95 bits per heavy atom. The molecule has 110 valence electrons. The van der Waals surface area contributed by atoms with Crippen LogP contribution in [0.4, 0.5) is 0 Å². The largest absolute Gasteiger partial charge is 0.343 e. The normalized spacial score (nSPS) is 23.4. The smallest absolute Gasteiger partial charge is 0.245 e. The van der Waals surface area contributed by atoms with Crippen molar-refractivity contribution >= 4 is 23.2 Å². The Labute approximate surface area is 124 Å². The number of carbonyl (C=O) groups is 2. The predicted octanol–water partition coefficient (Wildman–Crippen LogP) is 2.18. The number of hydrogen-bond donors (Lipinski definition) is 1. The Morgan fingerprint density at radius 3 is 2.50 bits per heavy atom. The fourth-order valence-electron chi connectivity index (χ4n) is 2.59. The molecule has 0 saturated carbocycles. The zero-order valence-corrected chi connectivity index (χ0v) is 13.3. The second-order valence-corrected chi connectivity index (χ2v) is 6.86. The number of nitrogens with one attached hydrogen (secondary N) is 1. The van der Waals surface area contributed by atoms with Crippen molar-refractivity contribution in [1.82, 2.24) is 10.2 Å². The summed E-state index contributed by atoms with van der Waals surface area (Å²) in [5.41, 5.74) is 0. The molecule has 2 atom stereocenters. The summed E-state index contributed by atoms with van der Waals surface area (Å²) < 4.78 is 0. The first kappa shape index (κ1) is 15.0. The molecule has 1 aromatic heterocycles. The maximum Gasteiger partial charge on any atom is 0.245 e. The molecule has 1 N–H and O–H groups in total. The maximum absolute atomic E-state index is 12.4. The van der Waals surface area contributed by atoms with E-state index in [1.807, 2.05) is 13.8 Å². The molecule has 0 spiro atoms. The molecule has 1 aliphatic rings. The van der Waals surface area contributed by atoms with Gasteiger partial charge in [-0.15, -0.1) is 11.3 Å². The number of hydrogen-bond acceptors (Lipinski definition) is 3. The van der Waals surface area contributed by atoms with Gasteiger partial charge in [0.25, 0.3) is 0 Å². The van der Waals surface area contributed by atoms with Crippen LogP contribution in [0.2, 0.25) is 0 Å². The molecule has 0 radical (unpaired) electrons. The third-order valence-corrected chi connectivity index (χ3v) is 4.85. The van der Waals surface area contributed by atoms with E-state index in [9.17, 15) is 9.59 Å². The van der Waals surface area contributed by atoms with E-state index in [-0.39, 0.29) is 23.8 Å². The summed E-state index contributed by atoms with van der Waals surface area (Å²) in [7, 11) is 0. The van der Waals surface area contributed by atoms with E-state index < -0.39 is 6.04 Å². The van der Waals surface area contributed by atoms with Gasteiger partial charge in [0, 0.05) is 9.75 Å². The molecule has 1 saturated heterocycles. The van der Waals surface area contributed by atoms with Gasteiger partial charge in [-0.1, -0.05) is 20.8 Å². The third-order valence-electron chi connectivity index (χ3n) is 3.64. The highest BCUT2D eigenvalue weighted by atomic mass is 32.1. The van der Waals surface area contributed by atoms with E-state index in [1.165, 1.54) is 4.88 Å². The summed E-state index contributed by atoms with van der Waals surface area (Å²) in [5, 5.41) is 2.77. The SMILES string of the molecule is CCc1ccc(CN2C(=O)C(C)NC(=O)C2C(C)C)s1. The van der Waals surface area contributed by atoms with Gasteiger partial charge in [0.2, 0.25) is 11.8 Å². The van der Waals surface area contributed by atoms with E-state index in [4.69, 9.17) is 0 Å². The number of piperazine rings is 1. The number of aryl methyl sites for hydroxylation is 1. The van der Waals surface area contributed by atoms with Crippen molar-refractivity contribution in [1.29, 1.82) is 0 Å². The highest BCUT2D eigenvalue weighted by molar-refractivity contribution is 7.11. The first-order valence-corrected chi connectivity index (χ1v) is 7.94. The van der Waals surface area contributed by atoms with Crippen LogP contribution in [0.1, 0.15) is 37.4 Å². The van der Waals surface area contributed by atoms with Gasteiger partial charge in [0.15, 0.2) is 0 Å². The van der Waals surface area contributed by atoms with Crippen LogP contribution in [-0.2, 0) is 22.6 Å². The number of nitrogens with zero attached hydrogens (tertiary/aromatic N) is 1. The summed E-state index contributed by atoms with van der Waals surface area (Å²) in [4.78, 5) is 28.7. The standard InChI is InChI=1S/C15H22N2O2S/c1-5-11-6-7-12(20-11)8-17-13(9(2)3)14(18)16-10(4)15(17)19/h6-7,9-10,13H,5,8H2,1-4H3,(H,16,18). The number of rotatable bonds is 4. The first-order valence-electron chi connectivity index (χ1n) is 7.12. The molecule has 1 fully saturated rings. The van der Waals surface area contributed by atoms with E-state index in [1.54, 1.807) is 23.2 Å². The van der Waals surface area contributed by atoms with Gasteiger partial charge in [0.05, 0.1) is 6.54 Å². The van der Waals surface area contributed by atoms with Crippen LogP contribution in [0.3, 0.4) is 0 Å². The number of thiophene rings is 1. The first-order chi connectivity index (χ1) is 9.43. The van der Waals surface area contributed by atoms with Crippen molar-refractivity contribution in [3.05, 3.63) is 21.9 Å². The van der Waals surface area contributed by atoms with Gasteiger partial charge in [0.1, 0.15) is 12.1 Å². The molecule has 2 amide bonds. The van der Waals surface area contributed by atoms with E-state index in [2.05, 4.69) is 24.4 Å². The lowest BCUT2D eigenvalue weighted by molar-refractivity contribution is -0.151. The van der Waals surface area contributed by atoms with Gasteiger partial charge >= 0.3 is 0 Å². The van der Waals surface area contributed by atoms with Gasteiger partial charge < -0.3 is 10.2 Å². The van der Waals surface area contributed by atoms with Crippen molar-refractivity contribution in [3.63, 3.8) is 0 Å². The average Bonchev–Trinajstić information content (AvgIpc) is 2.82. The van der Waals surface area contributed by atoms with E-state index in [0.717, 1.165) is 11.3 Å². The molecule has 1 aliphatic heterocycles. The van der Waals surface area contributed by atoms with Crippen molar-refractivity contribution in [2.45, 2.75) is 52.7 Å². The second kappa shape index (κ2) is 5.95. The number of carbonyl (C=O) groups excluding carboxylic acids is 2. The van der Waals surface area contributed by atoms with Crippen LogP contribution in [0.15, 0.2) is 12.1 Å². The Balaban J connectivity index is 2.23. The van der Waals surface area contributed by atoms with Crippen LogP contribution < -0.4 is 5.32 Å². The summed E-state index contributed by atoms with van der Waals surface area (Å²) >= 11 is 1.72. The van der Waals surface area contributed by atoms with Crippen LogP contribution in [0, 0.1) is 5.92 Å². The Bertz CT molecular complexity index is 510. The Kier molecular flexibility index (Phi) is 4.48.